The van der Waals surface area contributed by atoms with Crippen LogP contribution in [-0.2, 0) is 4.79 Å². The van der Waals surface area contributed by atoms with Gasteiger partial charge in [0, 0.05) is 10.5 Å². The van der Waals surface area contributed by atoms with E-state index in [9.17, 15) is 9.90 Å². The van der Waals surface area contributed by atoms with Gasteiger partial charge in [-0.2, -0.15) is 0 Å². The third-order valence-corrected chi connectivity index (χ3v) is 4.69. The minimum atomic E-state index is -1.06. The molecule has 130 valence electrons. The van der Waals surface area contributed by atoms with Crippen molar-refractivity contribution < 1.29 is 14.6 Å². The first-order chi connectivity index (χ1) is 11.3. The van der Waals surface area contributed by atoms with E-state index in [2.05, 4.69) is 30.8 Å². The van der Waals surface area contributed by atoms with E-state index in [1.807, 2.05) is 12.1 Å². The van der Waals surface area contributed by atoms with Gasteiger partial charge in [-0.1, -0.05) is 15.9 Å². The van der Waals surface area contributed by atoms with Gasteiger partial charge in [0.2, 0.25) is 11.9 Å². The number of amides is 1. The molecule has 0 bridgehead atoms. The molecular formula is C17H22BrN3O3. The van der Waals surface area contributed by atoms with E-state index in [0.29, 0.717) is 17.7 Å². The van der Waals surface area contributed by atoms with Gasteiger partial charge < -0.3 is 14.4 Å². The smallest absolute Gasteiger partial charge is 0.229 e. The average molecular weight is 396 g/mol. The van der Waals surface area contributed by atoms with Crippen molar-refractivity contribution in [2.24, 2.45) is 0 Å². The number of carbonyl (C=O) groups is 1. The van der Waals surface area contributed by atoms with Crippen LogP contribution in [0.5, 0.6) is 5.75 Å². The van der Waals surface area contributed by atoms with E-state index in [1.54, 1.807) is 21.0 Å². The van der Waals surface area contributed by atoms with Gasteiger partial charge in [0.1, 0.15) is 11.3 Å². The number of nitrogens with one attached hydrogen (secondary N) is 1. The summed E-state index contributed by atoms with van der Waals surface area (Å²) in [4.78, 5) is 16.8. The van der Waals surface area contributed by atoms with Gasteiger partial charge in [-0.25, -0.2) is 4.98 Å². The molecule has 0 aliphatic heterocycles. The minimum Gasteiger partial charge on any atom is -0.494 e. The standard InChI is InChI=1S/C17H22BrN3O3/c1-17(2,23)9-14(22)19-16-20-15-12(21(16)11-5-4-6-11)7-10(18)8-13(15)24-3/h7-8,11,23H,4-6,9H2,1-3H3,(H,19,20,22). The molecule has 0 spiro atoms. The van der Waals surface area contributed by atoms with Crippen molar-refractivity contribution in [3.8, 4) is 5.75 Å². The molecule has 0 atom stereocenters. The lowest BCUT2D eigenvalue weighted by atomic mass is 9.93. The van der Waals surface area contributed by atoms with Crippen molar-refractivity contribution in [1.29, 1.82) is 0 Å². The number of hydrogen-bond donors (Lipinski definition) is 2. The Morgan fingerprint density at radius 1 is 1.50 bits per heavy atom. The van der Waals surface area contributed by atoms with E-state index in [0.717, 1.165) is 28.3 Å². The molecule has 24 heavy (non-hydrogen) atoms. The van der Waals surface area contributed by atoms with Gasteiger partial charge in [-0.15, -0.1) is 0 Å². The normalized spacial score (nSPS) is 15.4. The Bertz CT molecular complexity index is 775. The molecule has 0 unspecified atom stereocenters. The second-order valence-electron chi connectivity index (χ2n) is 6.90. The monoisotopic (exact) mass is 395 g/mol. The molecule has 1 amide bonds. The van der Waals surface area contributed by atoms with E-state index in [1.165, 1.54) is 6.42 Å². The van der Waals surface area contributed by atoms with Crippen LogP contribution in [0.25, 0.3) is 11.0 Å². The van der Waals surface area contributed by atoms with Crippen LogP contribution in [-0.4, -0.2) is 33.3 Å². The Labute approximate surface area is 149 Å². The molecule has 0 saturated heterocycles. The number of halogens is 1. The van der Waals surface area contributed by atoms with Crippen LogP contribution < -0.4 is 10.1 Å². The molecule has 1 aliphatic rings. The molecule has 2 N–H and O–H groups in total. The highest BCUT2D eigenvalue weighted by atomic mass is 79.9. The predicted molar refractivity (Wildman–Crippen MR) is 96.4 cm³/mol. The van der Waals surface area contributed by atoms with Gasteiger partial charge in [-0.05, 0) is 45.2 Å². The summed E-state index contributed by atoms with van der Waals surface area (Å²) < 4.78 is 8.42. The Kier molecular flexibility index (Phi) is 4.57. The number of ether oxygens (including phenoxy) is 1. The number of rotatable bonds is 5. The fourth-order valence-corrected chi connectivity index (χ4v) is 3.38. The third kappa shape index (κ3) is 3.42. The fourth-order valence-electron chi connectivity index (χ4n) is 2.95. The molecule has 1 saturated carbocycles. The SMILES string of the molecule is COc1cc(Br)cc2c1nc(NC(=O)CC(C)(C)O)n2C1CCC1. The van der Waals surface area contributed by atoms with Gasteiger partial charge in [0.05, 0.1) is 24.6 Å². The summed E-state index contributed by atoms with van der Waals surface area (Å²) in [6.07, 6.45) is 3.32. The number of fused-ring (bicyclic) bond motifs is 1. The zero-order valence-corrected chi connectivity index (χ0v) is 15.7. The van der Waals surface area contributed by atoms with Crippen molar-refractivity contribution >= 4 is 38.8 Å². The van der Waals surface area contributed by atoms with Crippen molar-refractivity contribution in [1.82, 2.24) is 9.55 Å². The molecule has 7 heteroatoms. The van der Waals surface area contributed by atoms with E-state index in [4.69, 9.17) is 4.74 Å². The first-order valence-corrected chi connectivity index (χ1v) is 8.85. The van der Waals surface area contributed by atoms with Crippen molar-refractivity contribution in [3.05, 3.63) is 16.6 Å². The van der Waals surface area contributed by atoms with E-state index < -0.39 is 5.60 Å². The lowest BCUT2D eigenvalue weighted by molar-refractivity contribution is -0.119. The number of hydrogen-bond acceptors (Lipinski definition) is 4. The number of anilines is 1. The van der Waals surface area contributed by atoms with Crippen LogP contribution >= 0.6 is 15.9 Å². The molecule has 0 radical (unpaired) electrons. The summed E-state index contributed by atoms with van der Waals surface area (Å²) in [5, 5.41) is 12.7. The summed E-state index contributed by atoms with van der Waals surface area (Å²) in [6.45, 7) is 3.23. The topological polar surface area (TPSA) is 76.4 Å². The van der Waals surface area contributed by atoms with Crippen molar-refractivity contribution in [3.63, 3.8) is 0 Å². The predicted octanol–water partition coefficient (Wildman–Crippen LogP) is 3.63. The molecule has 1 fully saturated rings. The van der Waals surface area contributed by atoms with Crippen LogP contribution in [0, 0.1) is 0 Å². The number of carbonyl (C=O) groups excluding carboxylic acids is 1. The molecule has 1 aromatic carbocycles. The molecule has 6 nitrogen and oxygen atoms in total. The summed E-state index contributed by atoms with van der Waals surface area (Å²) in [5.74, 6) is 0.923. The Balaban J connectivity index is 2.04. The zero-order valence-electron chi connectivity index (χ0n) is 14.1. The molecule has 1 aliphatic carbocycles. The number of aliphatic hydroxyl groups is 1. The lowest BCUT2D eigenvalue weighted by Crippen LogP contribution is -2.29. The quantitative estimate of drug-likeness (QED) is 0.809. The van der Waals surface area contributed by atoms with Crippen LogP contribution in [0.4, 0.5) is 5.95 Å². The zero-order chi connectivity index (χ0) is 17.5. The maximum absolute atomic E-state index is 12.2. The number of methoxy groups -OCH3 is 1. The van der Waals surface area contributed by atoms with Gasteiger partial charge in [0.25, 0.3) is 0 Å². The highest BCUT2D eigenvalue weighted by Crippen LogP contribution is 2.40. The fraction of sp³-hybridized carbons (Fsp3) is 0.529. The van der Waals surface area contributed by atoms with Gasteiger partial charge in [0.15, 0.2) is 0 Å². The van der Waals surface area contributed by atoms with Gasteiger partial charge in [-0.3, -0.25) is 10.1 Å². The highest BCUT2D eigenvalue weighted by molar-refractivity contribution is 9.10. The first-order valence-electron chi connectivity index (χ1n) is 8.06. The summed E-state index contributed by atoms with van der Waals surface area (Å²) >= 11 is 3.51. The molecule has 2 aromatic rings. The third-order valence-electron chi connectivity index (χ3n) is 4.23. The van der Waals surface area contributed by atoms with Crippen LogP contribution in [0.1, 0.15) is 45.6 Å². The maximum atomic E-state index is 12.2. The summed E-state index contributed by atoms with van der Waals surface area (Å²) in [5.41, 5.74) is 0.605. The van der Waals surface area contributed by atoms with E-state index in [-0.39, 0.29) is 12.3 Å². The van der Waals surface area contributed by atoms with E-state index >= 15 is 0 Å². The highest BCUT2D eigenvalue weighted by Gasteiger charge is 2.28. The second kappa shape index (κ2) is 6.37. The second-order valence-corrected chi connectivity index (χ2v) is 7.82. The van der Waals surface area contributed by atoms with Crippen molar-refractivity contribution in [2.45, 2.75) is 51.2 Å². The summed E-state index contributed by atoms with van der Waals surface area (Å²) in [6, 6.07) is 4.18. The Morgan fingerprint density at radius 2 is 2.21 bits per heavy atom. The first kappa shape index (κ1) is 17.2. The van der Waals surface area contributed by atoms with Gasteiger partial charge >= 0.3 is 0 Å². The minimum absolute atomic E-state index is 0.0156. The number of imidazole rings is 1. The Morgan fingerprint density at radius 3 is 2.75 bits per heavy atom. The molecule has 3 rings (SSSR count). The number of nitrogens with zero attached hydrogens (tertiary/aromatic N) is 2. The average Bonchev–Trinajstić information content (AvgIpc) is 2.72. The van der Waals surface area contributed by atoms with Crippen molar-refractivity contribution in [2.75, 3.05) is 12.4 Å². The number of aromatic nitrogens is 2. The number of benzene rings is 1. The molecule has 1 heterocycles. The Hall–Kier alpha value is -1.60. The molecular weight excluding hydrogens is 374 g/mol. The largest absolute Gasteiger partial charge is 0.494 e. The van der Waals surface area contributed by atoms with Crippen LogP contribution in [0.3, 0.4) is 0 Å². The maximum Gasteiger partial charge on any atom is 0.229 e. The van der Waals surface area contributed by atoms with Crippen LogP contribution in [0.15, 0.2) is 16.6 Å². The lowest BCUT2D eigenvalue weighted by Gasteiger charge is -2.29. The van der Waals surface area contributed by atoms with Crippen LogP contribution in [0.2, 0.25) is 0 Å². The summed E-state index contributed by atoms with van der Waals surface area (Å²) in [7, 11) is 1.61. The molecule has 1 aromatic heterocycles.